The monoisotopic (exact) mass is 447 g/mol. The molecule has 0 fully saturated rings. The summed E-state index contributed by atoms with van der Waals surface area (Å²) in [4.78, 5) is 12.1. The standard InChI is InChI=1S/C26H31N5.H2S/c27-15-19-8-10-20(11-9-19)17-31(25-7-1-4-21-5-2-13-29-26(21)25)18-23-14-24-22(16-30-23)6-3-12-28-24;/h2-3,5-6,8-13,23,25,30H,1,4,7,14-18,27H2;1H2/t23?,25-;/m0./s1. The first kappa shape index (κ1) is 22.9. The molecule has 6 heteroatoms. The Bertz CT molecular complexity index is 1020. The fraction of sp³-hybridized carbons (Fsp3) is 0.385. The summed E-state index contributed by atoms with van der Waals surface area (Å²) in [5, 5.41) is 3.75. The second-order valence-electron chi connectivity index (χ2n) is 8.80. The van der Waals surface area contributed by atoms with Gasteiger partial charge in [-0.05, 0) is 53.6 Å². The van der Waals surface area contributed by atoms with E-state index in [1.54, 1.807) is 0 Å². The molecule has 1 aliphatic heterocycles. The zero-order chi connectivity index (χ0) is 21.0. The molecule has 3 N–H and O–H groups in total. The van der Waals surface area contributed by atoms with Gasteiger partial charge in [-0.25, -0.2) is 0 Å². The first-order valence-corrected chi connectivity index (χ1v) is 11.4. The van der Waals surface area contributed by atoms with Gasteiger partial charge in [0.15, 0.2) is 0 Å². The lowest BCUT2D eigenvalue weighted by Gasteiger charge is -2.38. The SMILES string of the molecule is NCc1ccc(CN(CC2Cc3ncccc3CN2)[C@H]2CCCc3cccnc32)cc1.S. The highest BCUT2D eigenvalue weighted by atomic mass is 32.1. The van der Waals surface area contributed by atoms with E-state index in [2.05, 4.69) is 57.7 Å². The molecule has 0 radical (unpaired) electrons. The Labute approximate surface area is 197 Å². The quantitative estimate of drug-likeness (QED) is 0.604. The number of nitrogens with one attached hydrogen (secondary N) is 1. The molecule has 5 nitrogen and oxygen atoms in total. The Morgan fingerprint density at radius 1 is 0.969 bits per heavy atom. The van der Waals surface area contributed by atoms with Gasteiger partial charge < -0.3 is 11.1 Å². The van der Waals surface area contributed by atoms with Crippen molar-refractivity contribution in [1.29, 1.82) is 0 Å². The van der Waals surface area contributed by atoms with Crippen LogP contribution in [0.2, 0.25) is 0 Å². The van der Waals surface area contributed by atoms with Gasteiger partial charge in [0.05, 0.1) is 11.7 Å². The number of pyridine rings is 2. The predicted molar refractivity (Wildman–Crippen MR) is 134 cm³/mol. The molecule has 168 valence electrons. The van der Waals surface area contributed by atoms with Crippen LogP contribution < -0.4 is 11.1 Å². The van der Waals surface area contributed by atoms with Crippen LogP contribution in [0.25, 0.3) is 0 Å². The molecule has 2 atom stereocenters. The molecule has 0 saturated carbocycles. The smallest absolute Gasteiger partial charge is 0.0607 e. The zero-order valence-electron chi connectivity index (χ0n) is 18.5. The fourth-order valence-corrected chi connectivity index (χ4v) is 5.05. The number of benzene rings is 1. The topological polar surface area (TPSA) is 67.1 Å². The Kier molecular flexibility index (Phi) is 7.58. The average molecular weight is 448 g/mol. The maximum atomic E-state index is 5.80. The molecule has 3 heterocycles. The minimum atomic E-state index is 0. The van der Waals surface area contributed by atoms with Crippen molar-refractivity contribution in [2.24, 2.45) is 5.73 Å². The van der Waals surface area contributed by atoms with E-state index in [0.29, 0.717) is 18.6 Å². The Hall–Kier alpha value is -2.25. The van der Waals surface area contributed by atoms with Gasteiger partial charge in [-0.3, -0.25) is 14.9 Å². The number of rotatable bonds is 6. The summed E-state index contributed by atoms with van der Waals surface area (Å²) in [5.41, 5.74) is 13.5. The Balaban J connectivity index is 0.00000245. The van der Waals surface area contributed by atoms with E-state index in [0.717, 1.165) is 38.9 Å². The van der Waals surface area contributed by atoms with E-state index in [9.17, 15) is 0 Å². The van der Waals surface area contributed by atoms with E-state index >= 15 is 0 Å². The van der Waals surface area contributed by atoms with E-state index < -0.39 is 0 Å². The molecule has 0 saturated heterocycles. The number of aryl methyl sites for hydroxylation is 1. The average Bonchev–Trinajstić information content (AvgIpc) is 2.83. The van der Waals surface area contributed by atoms with E-state index in [1.807, 2.05) is 18.5 Å². The first-order valence-electron chi connectivity index (χ1n) is 11.4. The van der Waals surface area contributed by atoms with Crippen LogP contribution >= 0.6 is 13.5 Å². The summed E-state index contributed by atoms with van der Waals surface area (Å²) < 4.78 is 0. The van der Waals surface area contributed by atoms with E-state index in [1.165, 1.54) is 40.1 Å². The van der Waals surface area contributed by atoms with Crippen molar-refractivity contribution in [3.63, 3.8) is 0 Å². The second-order valence-corrected chi connectivity index (χ2v) is 8.80. The van der Waals surface area contributed by atoms with E-state index in [4.69, 9.17) is 10.7 Å². The lowest BCUT2D eigenvalue weighted by atomic mass is 9.89. The van der Waals surface area contributed by atoms with E-state index in [-0.39, 0.29) is 13.5 Å². The molecule has 32 heavy (non-hydrogen) atoms. The summed E-state index contributed by atoms with van der Waals surface area (Å²) in [6.07, 6.45) is 8.35. The van der Waals surface area contributed by atoms with Crippen LogP contribution in [0.5, 0.6) is 0 Å². The maximum Gasteiger partial charge on any atom is 0.0607 e. The minimum Gasteiger partial charge on any atom is -0.326 e. The van der Waals surface area contributed by atoms with Crippen LogP contribution in [0, 0.1) is 0 Å². The van der Waals surface area contributed by atoms with Crippen molar-refractivity contribution >= 4 is 13.5 Å². The van der Waals surface area contributed by atoms with Gasteiger partial charge in [-0.1, -0.05) is 36.4 Å². The molecule has 0 amide bonds. The van der Waals surface area contributed by atoms with Gasteiger partial charge >= 0.3 is 0 Å². The molecular formula is C26H33N5S. The van der Waals surface area contributed by atoms with Gasteiger partial charge in [-0.2, -0.15) is 13.5 Å². The van der Waals surface area contributed by atoms with Crippen molar-refractivity contribution in [2.45, 2.75) is 57.4 Å². The Morgan fingerprint density at radius 2 is 1.72 bits per heavy atom. The van der Waals surface area contributed by atoms with Gasteiger partial charge in [0.2, 0.25) is 0 Å². The highest BCUT2D eigenvalue weighted by molar-refractivity contribution is 7.59. The van der Waals surface area contributed by atoms with Gasteiger partial charge in [0.1, 0.15) is 0 Å². The fourth-order valence-electron chi connectivity index (χ4n) is 5.05. The number of aromatic nitrogens is 2. The van der Waals surface area contributed by atoms with Crippen molar-refractivity contribution in [3.8, 4) is 0 Å². The van der Waals surface area contributed by atoms with Gasteiger partial charge in [0, 0.05) is 56.7 Å². The number of nitrogens with two attached hydrogens (primary N) is 1. The number of fused-ring (bicyclic) bond motifs is 2. The summed E-state index contributed by atoms with van der Waals surface area (Å²) in [6, 6.07) is 18.0. The normalized spacial score (nSPS) is 19.7. The van der Waals surface area contributed by atoms with Crippen LogP contribution in [0.1, 0.15) is 52.5 Å². The zero-order valence-corrected chi connectivity index (χ0v) is 19.5. The summed E-state index contributed by atoms with van der Waals surface area (Å²) in [7, 11) is 0. The first-order chi connectivity index (χ1) is 15.3. The van der Waals surface area contributed by atoms with Crippen LogP contribution in [0.15, 0.2) is 60.9 Å². The van der Waals surface area contributed by atoms with Crippen LogP contribution in [-0.4, -0.2) is 27.5 Å². The minimum absolute atomic E-state index is 0. The third-order valence-electron chi connectivity index (χ3n) is 6.71. The molecule has 1 aromatic carbocycles. The highest BCUT2D eigenvalue weighted by Gasteiger charge is 2.30. The van der Waals surface area contributed by atoms with Gasteiger partial charge in [-0.15, -0.1) is 0 Å². The lowest BCUT2D eigenvalue weighted by Crippen LogP contribution is -2.46. The second kappa shape index (κ2) is 10.6. The highest BCUT2D eigenvalue weighted by Crippen LogP contribution is 2.34. The maximum absolute atomic E-state index is 5.80. The van der Waals surface area contributed by atoms with Crippen molar-refractivity contribution in [1.82, 2.24) is 20.2 Å². The predicted octanol–water partition coefficient (Wildman–Crippen LogP) is 3.64. The number of nitrogens with zero attached hydrogens (tertiary/aromatic N) is 3. The van der Waals surface area contributed by atoms with Crippen LogP contribution in [0.4, 0.5) is 0 Å². The molecule has 3 aromatic rings. The molecule has 2 aromatic heterocycles. The molecule has 1 unspecified atom stereocenters. The number of hydrogen-bond donors (Lipinski definition) is 2. The largest absolute Gasteiger partial charge is 0.326 e. The summed E-state index contributed by atoms with van der Waals surface area (Å²) in [6.45, 7) is 3.38. The van der Waals surface area contributed by atoms with Crippen molar-refractivity contribution in [3.05, 3.63) is 94.6 Å². The summed E-state index contributed by atoms with van der Waals surface area (Å²) in [5.74, 6) is 0. The lowest BCUT2D eigenvalue weighted by molar-refractivity contribution is 0.145. The number of hydrogen-bond acceptors (Lipinski definition) is 5. The van der Waals surface area contributed by atoms with Gasteiger partial charge in [0.25, 0.3) is 0 Å². The van der Waals surface area contributed by atoms with Crippen LogP contribution in [0.3, 0.4) is 0 Å². The van der Waals surface area contributed by atoms with Crippen molar-refractivity contribution < 1.29 is 0 Å². The van der Waals surface area contributed by atoms with Crippen LogP contribution in [-0.2, 0) is 32.5 Å². The third-order valence-corrected chi connectivity index (χ3v) is 6.71. The van der Waals surface area contributed by atoms with Crippen molar-refractivity contribution in [2.75, 3.05) is 6.54 Å². The Morgan fingerprint density at radius 3 is 2.53 bits per heavy atom. The molecule has 0 spiro atoms. The molecule has 1 aliphatic carbocycles. The molecule has 0 bridgehead atoms. The molecule has 2 aliphatic rings. The summed E-state index contributed by atoms with van der Waals surface area (Å²) >= 11 is 0. The third kappa shape index (κ3) is 5.04. The molecule has 5 rings (SSSR count). The molecular weight excluding hydrogens is 414 g/mol.